The van der Waals surface area contributed by atoms with E-state index < -0.39 is 8.26 Å². The van der Waals surface area contributed by atoms with Gasteiger partial charge in [0.1, 0.15) is 0 Å². The summed E-state index contributed by atoms with van der Waals surface area (Å²) >= 11 is 5.29. The zero-order valence-electron chi connectivity index (χ0n) is 6.95. The Labute approximate surface area is 97.0 Å². The Hall–Kier alpha value is -0.000000000000000111. The van der Waals surface area contributed by atoms with Crippen LogP contribution in [0, 0.1) is 0 Å². The van der Waals surface area contributed by atoms with Crippen molar-refractivity contribution in [1.29, 1.82) is 0 Å². The third kappa shape index (κ3) is 12.0. The predicted molar refractivity (Wildman–Crippen MR) is 59.8 cm³/mol. The van der Waals surface area contributed by atoms with Crippen LogP contribution in [0.2, 0.25) is 0 Å². The summed E-state index contributed by atoms with van der Waals surface area (Å²) in [5, 5.41) is 0. The van der Waals surface area contributed by atoms with Crippen LogP contribution in [0.1, 0.15) is 5.56 Å². The molecule has 0 radical (unpaired) electrons. The van der Waals surface area contributed by atoms with E-state index >= 15 is 0 Å². The molecule has 80 valence electrons. The lowest BCUT2D eigenvalue weighted by Crippen LogP contribution is -1.96. The number of benzene rings is 1. The Balaban J connectivity index is 0.000000292. The van der Waals surface area contributed by atoms with Gasteiger partial charge in [-0.15, -0.1) is 0 Å². The molecule has 0 heterocycles. The summed E-state index contributed by atoms with van der Waals surface area (Å²) in [6.07, 6.45) is 0. The number of halogens is 3. The largest absolute Gasteiger partial charge is 0.317 e. The van der Waals surface area contributed by atoms with E-state index in [2.05, 4.69) is 26.2 Å². The van der Waals surface area contributed by atoms with Gasteiger partial charge in [-0.05, 0) is 17.3 Å². The van der Waals surface area contributed by atoms with E-state index in [1.54, 1.807) is 0 Å². The molecule has 7 heteroatoms. The molecule has 0 spiro atoms. The Morgan fingerprint density at radius 1 is 1.14 bits per heavy atom. The molecule has 1 rings (SSSR count). The molecule has 1 aromatic rings. The molecule has 0 fully saturated rings. The maximum absolute atomic E-state index is 9.16. The molecule has 0 aromatic heterocycles. The highest BCUT2D eigenvalue weighted by molar-refractivity contribution is 8.31. The topological polar surface area (TPSA) is 46.2 Å². The van der Waals surface area contributed by atoms with Crippen LogP contribution in [-0.2, 0) is 14.8 Å². The van der Waals surface area contributed by atoms with Gasteiger partial charge in [0.25, 0.3) is 0 Å². The van der Waals surface area contributed by atoms with Crippen molar-refractivity contribution < 1.29 is 8.42 Å². The van der Waals surface area contributed by atoms with E-state index in [-0.39, 0.29) is 0 Å². The molecule has 0 aliphatic rings. The van der Waals surface area contributed by atoms with Gasteiger partial charge in [-0.3, -0.25) is 0 Å². The molecule has 1 N–H and O–H groups in total. The van der Waals surface area contributed by atoms with Crippen LogP contribution in [-0.4, -0.2) is 8.42 Å². The Morgan fingerprint density at radius 3 is 1.93 bits per heavy atom. The second-order valence-corrected chi connectivity index (χ2v) is 6.11. The fraction of sp³-hybridized carbons (Fsp3) is 0.143. The van der Waals surface area contributed by atoms with Gasteiger partial charge < -0.3 is 0 Å². The molecule has 0 bridgehead atoms. The van der Waals surface area contributed by atoms with Gasteiger partial charge in [-0.1, -0.05) is 30.3 Å². The zero-order chi connectivity index (χ0) is 11.0. The zero-order valence-corrected chi connectivity index (χ0v) is 10.0. The van der Waals surface area contributed by atoms with E-state index in [9.17, 15) is 0 Å². The lowest BCUT2D eigenvalue weighted by atomic mass is 10.2. The van der Waals surface area contributed by atoms with Crippen molar-refractivity contribution in [3.63, 3.8) is 0 Å². The summed E-state index contributed by atoms with van der Waals surface area (Å²) in [6.45, 7) is 0.725. The molecular weight excluding hydrogens is 269 g/mol. The van der Waals surface area contributed by atoms with Crippen molar-refractivity contribution >= 4 is 41.4 Å². The third-order valence-electron chi connectivity index (χ3n) is 1.11. The molecule has 3 nitrogen and oxygen atoms in total. The van der Waals surface area contributed by atoms with E-state index in [4.69, 9.17) is 20.2 Å². The minimum Gasteiger partial charge on any atom is -0.229 e. The first-order valence-electron chi connectivity index (χ1n) is 3.45. The smallest absolute Gasteiger partial charge is 0.229 e. The van der Waals surface area contributed by atoms with Gasteiger partial charge in [0.15, 0.2) is 0 Å². The molecule has 0 aliphatic carbocycles. The summed E-state index contributed by atoms with van der Waals surface area (Å²) in [6, 6.07) is 10.0. The number of hydrogen-bond acceptors (Lipinski definition) is 3. The van der Waals surface area contributed by atoms with Crippen molar-refractivity contribution in [2.45, 2.75) is 6.54 Å². The van der Waals surface area contributed by atoms with Crippen molar-refractivity contribution in [3.05, 3.63) is 35.9 Å². The summed E-state index contributed by atoms with van der Waals surface area (Å²) in [4.78, 5) is 2.56. The first kappa shape index (κ1) is 14.0. The highest BCUT2D eigenvalue weighted by Gasteiger charge is 1.88. The van der Waals surface area contributed by atoms with E-state index in [0.717, 1.165) is 6.54 Å². The molecule has 0 amide bonds. The molecule has 0 atom stereocenters. The van der Waals surface area contributed by atoms with Gasteiger partial charge in [0.05, 0.1) is 0 Å². The molecular formula is C7H8Cl3NO2S. The Kier molecular flexibility index (Phi) is 7.31. The maximum Gasteiger partial charge on any atom is 0.317 e. The summed E-state index contributed by atoms with van der Waals surface area (Å²) < 4.78 is 18.3. The predicted octanol–water partition coefficient (Wildman–Crippen LogP) is 2.64. The van der Waals surface area contributed by atoms with Crippen molar-refractivity contribution in [3.8, 4) is 0 Å². The van der Waals surface area contributed by atoms with E-state index in [1.165, 1.54) is 5.56 Å². The molecule has 0 unspecified atom stereocenters. The monoisotopic (exact) mass is 275 g/mol. The fourth-order valence-electron chi connectivity index (χ4n) is 0.673. The number of rotatable bonds is 2. The molecule has 1 aromatic carbocycles. The minimum absolute atomic E-state index is 0.725. The van der Waals surface area contributed by atoms with Crippen molar-refractivity contribution in [1.82, 2.24) is 4.84 Å². The van der Waals surface area contributed by atoms with E-state index in [1.807, 2.05) is 30.3 Å². The van der Waals surface area contributed by atoms with Crippen LogP contribution in [0.3, 0.4) is 0 Å². The van der Waals surface area contributed by atoms with Crippen LogP contribution in [0.25, 0.3) is 0 Å². The summed E-state index contributed by atoms with van der Waals surface area (Å²) in [5.41, 5.74) is 1.20. The average Bonchev–Trinajstić information content (AvgIpc) is 2.03. The van der Waals surface area contributed by atoms with Crippen molar-refractivity contribution in [2.24, 2.45) is 0 Å². The van der Waals surface area contributed by atoms with Crippen LogP contribution in [0.4, 0.5) is 0 Å². The van der Waals surface area contributed by atoms with Crippen LogP contribution in [0.5, 0.6) is 0 Å². The standard InChI is InChI=1S/C7H8ClN.Cl2O2S/c8-9-6-7-4-2-1-3-5-7;1-5(2,3)4/h1-5,9H,6H2;. The SMILES string of the molecule is ClNCc1ccccc1.O=S(=O)(Cl)Cl. The normalized spacial score (nSPS) is 10.2. The third-order valence-corrected chi connectivity index (χ3v) is 1.25. The van der Waals surface area contributed by atoms with Gasteiger partial charge in [0, 0.05) is 27.9 Å². The summed E-state index contributed by atoms with van der Waals surface area (Å²) in [7, 11) is 4.81. The minimum atomic E-state index is -3.72. The average molecular weight is 277 g/mol. The van der Waals surface area contributed by atoms with Gasteiger partial charge >= 0.3 is 8.26 Å². The Bertz CT molecular complexity index is 333. The molecule has 0 aliphatic heterocycles. The summed E-state index contributed by atoms with van der Waals surface area (Å²) in [5.74, 6) is 0. The molecule has 0 saturated heterocycles. The molecule has 14 heavy (non-hydrogen) atoms. The van der Waals surface area contributed by atoms with Gasteiger partial charge in [0.2, 0.25) is 0 Å². The quantitative estimate of drug-likeness (QED) is 0.667. The highest BCUT2D eigenvalue weighted by atomic mass is 36.0. The van der Waals surface area contributed by atoms with Crippen LogP contribution in [0.15, 0.2) is 30.3 Å². The maximum atomic E-state index is 9.16. The second kappa shape index (κ2) is 7.31. The fourth-order valence-corrected chi connectivity index (χ4v) is 0.827. The number of hydrogen-bond donors (Lipinski definition) is 1. The first-order valence-corrected chi connectivity index (χ1v) is 6.96. The highest BCUT2D eigenvalue weighted by Crippen LogP contribution is 1.98. The second-order valence-electron chi connectivity index (χ2n) is 2.17. The van der Waals surface area contributed by atoms with Crippen LogP contribution < -0.4 is 4.84 Å². The van der Waals surface area contributed by atoms with Gasteiger partial charge in [-0.2, -0.15) is 8.42 Å². The Morgan fingerprint density at radius 2 is 1.57 bits per heavy atom. The first-order chi connectivity index (χ1) is 6.43. The lowest BCUT2D eigenvalue weighted by molar-refractivity contribution is 0.621. The number of nitrogens with one attached hydrogen (secondary N) is 1. The van der Waals surface area contributed by atoms with Gasteiger partial charge in [-0.25, -0.2) is 4.84 Å². The lowest BCUT2D eigenvalue weighted by Gasteiger charge is -1.94. The van der Waals surface area contributed by atoms with Crippen LogP contribution >= 0.6 is 33.1 Å². The molecule has 0 saturated carbocycles. The van der Waals surface area contributed by atoms with E-state index in [0.29, 0.717) is 0 Å². The van der Waals surface area contributed by atoms with Crippen molar-refractivity contribution in [2.75, 3.05) is 0 Å².